The summed E-state index contributed by atoms with van der Waals surface area (Å²) in [7, 11) is 0. The van der Waals surface area contributed by atoms with Crippen LogP contribution in [0.5, 0.6) is 0 Å². The molecule has 0 aromatic heterocycles. The molecule has 0 unspecified atom stereocenters. The van der Waals surface area contributed by atoms with Gasteiger partial charge in [0, 0.05) is 24.4 Å². The first-order chi connectivity index (χ1) is 14.5. The van der Waals surface area contributed by atoms with Crippen LogP contribution in [0.15, 0.2) is 66.7 Å². The van der Waals surface area contributed by atoms with Crippen molar-refractivity contribution in [2.75, 3.05) is 23.4 Å². The lowest BCUT2D eigenvalue weighted by atomic mass is 10.1. The molecule has 0 fully saturated rings. The number of amides is 2. The van der Waals surface area contributed by atoms with Gasteiger partial charge in [0.25, 0.3) is 5.91 Å². The van der Waals surface area contributed by atoms with E-state index in [4.69, 9.17) is 17.0 Å². The third-order valence-corrected chi connectivity index (χ3v) is 4.13. The van der Waals surface area contributed by atoms with Gasteiger partial charge in [-0.2, -0.15) is 0 Å². The predicted molar refractivity (Wildman–Crippen MR) is 120 cm³/mol. The van der Waals surface area contributed by atoms with Gasteiger partial charge in [-0.3, -0.25) is 14.9 Å². The van der Waals surface area contributed by atoms with Gasteiger partial charge in [-0.25, -0.2) is 4.79 Å². The fourth-order valence-electron chi connectivity index (χ4n) is 2.62. The Morgan fingerprint density at radius 3 is 2.33 bits per heavy atom. The van der Waals surface area contributed by atoms with E-state index in [1.165, 1.54) is 0 Å². The van der Waals surface area contributed by atoms with Gasteiger partial charge >= 0.3 is 5.97 Å². The molecule has 0 radical (unpaired) electrons. The van der Waals surface area contributed by atoms with E-state index in [0.29, 0.717) is 17.8 Å². The fourth-order valence-corrected chi connectivity index (χ4v) is 2.83. The second-order valence-electron chi connectivity index (χ2n) is 5.96. The molecular weight excluding hydrogens is 402 g/mol. The van der Waals surface area contributed by atoms with E-state index in [2.05, 4.69) is 10.6 Å². The van der Waals surface area contributed by atoms with E-state index in [1.54, 1.807) is 36.1 Å². The SMILES string of the molecule is CCOC(=O)/C=C/C(=O)NC(=S)Nc1ccccc1C(=O)N(CC)c1ccccc1. The van der Waals surface area contributed by atoms with Crippen LogP contribution >= 0.6 is 12.2 Å². The first kappa shape index (κ1) is 22.8. The molecule has 2 rings (SSSR count). The number of thiocarbonyl (C=S) groups is 1. The van der Waals surface area contributed by atoms with Gasteiger partial charge in [0.2, 0.25) is 5.91 Å². The average molecular weight is 426 g/mol. The average Bonchev–Trinajstić information content (AvgIpc) is 2.74. The zero-order valence-corrected chi connectivity index (χ0v) is 17.6. The summed E-state index contributed by atoms with van der Waals surface area (Å²) in [5.74, 6) is -1.42. The van der Waals surface area contributed by atoms with Gasteiger partial charge in [-0.1, -0.05) is 30.3 Å². The molecule has 0 aliphatic carbocycles. The number of nitrogens with one attached hydrogen (secondary N) is 2. The highest BCUT2D eigenvalue weighted by molar-refractivity contribution is 7.80. The van der Waals surface area contributed by atoms with Gasteiger partial charge in [-0.05, 0) is 50.3 Å². The molecule has 0 aliphatic heterocycles. The molecule has 8 heteroatoms. The fraction of sp³-hybridized carbons (Fsp3) is 0.182. The molecule has 0 saturated heterocycles. The van der Waals surface area contributed by atoms with Crippen molar-refractivity contribution in [1.29, 1.82) is 0 Å². The smallest absolute Gasteiger partial charge is 0.330 e. The van der Waals surface area contributed by atoms with Crippen molar-refractivity contribution < 1.29 is 19.1 Å². The Balaban J connectivity index is 2.11. The maximum Gasteiger partial charge on any atom is 0.330 e. The predicted octanol–water partition coefficient (Wildman–Crippen LogP) is 3.29. The molecule has 0 spiro atoms. The van der Waals surface area contributed by atoms with Crippen LogP contribution in [0.4, 0.5) is 11.4 Å². The molecule has 0 heterocycles. The Hall–Kier alpha value is -3.52. The van der Waals surface area contributed by atoms with E-state index in [0.717, 1.165) is 17.8 Å². The number of hydrogen-bond donors (Lipinski definition) is 2. The highest BCUT2D eigenvalue weighted by Gasteiger charge is 2.19. The molecule has 156 valence electrons. The summed E-state index contributed by atoms with van der Waals surface area (Å²) >= 11 is 5.16. The van der Waals surface area contributed by atoms with Gasteiger partial charge in [0.1, 0.15) is 0 Å². The van der Waals surface area contributed by atoms with Crippen molar-refractivity contribution in [3.05, 3.63) is 72.3 Å². The standard InChI is InChI=1S/C22H23N3O4S/c1-3-25(16-10-6-5-7-11-16)21(28)17-12-8-9-13-18(17)23-22(30)24-19(26)14-15-20(27)29-4-2/h5-15H,3-4H2,1-2H3,(H2,23,24,26,30)/b15-14+. The van der Waals surface area contributed by atoms with Crippen LogP contribution in [0, 0.1) is 0 Å². The Labute approximate surface area is 180 Å². The van der Waals surface area contributed by atoms with Crippen molar-refractivity contribution in [3.63, 3.8) is 0 Å². The van der Waals surface area contributed by atoms with Crippen LogP contribution < -0.4 is 15.5 Å². The molecule has 2 N–H and O–H groups in total. The maximum absolute atomic E-state index is 13.1. The van der Waals surface area contributed by atoms with Crippen molar-refractivity contribution in [1.82, 2.24) is 5.32 Å². The zero-order valence-electron chi connectivity index (χ0n) is 16.8. The van der Waals surface area contributed by atoms with Gasteiger partial charge in [-0.15, -0.1) is 0 Å². The Kier molecular flexibility index (Phi) is 8.71. The van der Waals surface area contributed by atoms with Gasteiger partial charge < -0.3 is 15.0 Å². The summed E-state index contributed by atoms with van der Waals surface area (Å²) in [4.78, 5) is 38.0. The van der Waals surface area contributed by atoms with Crippen molar-refractivity contribution >= 4 is 46.5 Å². The molecule has 2 aromatic carbocycles. The summed E-state index contributed by atoms with van der Waals surface area (Å²) in [5, 5.41) is 5.29. The topological polar surface area (TPSA) is 87.7 Å². The first-order valence-electron chi connectivity index (χ1n) is 9.39. The normalized spacial score (nSPS) is 10.3. The molecule has 0 bridgehead atoms. The second-order valence-corrected chi connectivity index (χ2v) is 6.37. The number of carbonyl (C=O) groups is 3. The van der Waals surface area contributed by atoms with Crippen LogP contribution in [-0.4, -0.2) is 36.0 Å². The number of ether oxygens (including phenoxy) is 1. The zero-order chi connectivity index (χ0) is 21.9. The van der Waals surface area contributed by atoms with Gasteiger partial charge in [0.05, 0.1) is 17.9 Å². The number of carbonyl (C=O) groups excluding carboxylic acids is 3. The third-order valence-electron chi connectivity index (χ3n) is 3.93. The molecule has 0 aliphatic rings. The molecule has 0 saturated carbocycles. The second kappa shape index (κ2) is 11.5. The molecular formula is C22H23N3O4S. The first-order valence-corrected chi connectivity index (χ1v) is 9.79. The van der Waals surface area contributed by atoms with E-state index in [1.807, 2.05) is 37.3 Å². The molecule has 30 heavy (non-hydrogen) atoms. The number of esters is 1. The number of nitrogens with zero attached hydrogens (tertiary/aromatic N) is 1. The summed E-state index contributed by atoms with van der Waals surface area (Å²) in [5.41, 5.74) is 1.64. The minimum Gasteiger partial charge on any atom is -0.463 e. The quantitative estimate of drug-likeness (QED) is 0.402. The summed E-state index contributed by atoms with van der Waals surface area (Å²) in [6, 6.07) is 16.2. The highest BCUT2D eigenvalue weighted by atomic mass is 32.1. The molecule has 7 nitrogen and oxygen atoms in total. The lowest BCUT2D eigenvalue weighted by Gasteiger charge is -2.22. The summed E-state index contributed by atoms with van der Waals surface area (Å²) in [6.45, 7) is 4.26. The Morgan fingerprint density at radius 2 is 1.67 bits per heavy atom. The van der Waals surface area contributed by atoms with E-state index >= 15 is 0 Å². The number of para-hydroxylation sites is 2. The van der Waals surface area contributed by atoms with Gasteiger partial charge in [0.15, 0.2) is 5.11 Å². The van der Waals surface area contributed by atoms with E-state index < -0.39 is 11.9 Å². The van der Waals surface area contributed by atoms with E-state index in [9.17, 15) is 14.4 Å². The number of hydrogen-bond acceptors (Lipinski definition) is 5. The number of rotatable bonds is 7. The summed E-state index contributed by atoms with van der Waals surface area (Å²) in [6.07, 6.45) is 2.04. The Bertz CT molecular complexity index is 944. The van der Waals surface area contributed by atoms with Crippen LogP contribution in [0.3, 0.4) is 0 Å². The molecule has 2 amide bonds. The minimum absolute atomic E-state index is 0.00322. The number of benzene rings is 2. The van der Waals surface area contributed by atoms with E-state index in [-0.39, 0.29) is 17.6 Å². The summed E-state index contributed by atoms with van der Waals surface area (Å²) < 4.78 is 4.71. The van der Waals surface area contributed by atoms with Crippen LogP contribution in [-0.2, 0) is 14.3 Å². The monoisotopic (exact) mass is 425 g/mol. The largest absolute Gasteiger partial charge is 0.463 e. The van der Waals surface area contributed by atoms with Crippen LogP contribution in [0.2, 0.25) is 0 Å². The lowest BCUT2D eigenvalue weighted by Crippen LogP contribution is -2.35. The third kappa shape index (κ3) is 6.52. The van der Waals surface area contributed by atoms with Crippen molar-refractivity contribution in [2.45, 2.75) is 13.8 Å². The molecule has 0 atom stereocenters. The van der Waals surface area contributed by atoms with Crippen molar-refractivity contribution in [3.8, 4) is 0 Å². The lowest BCUT2D eigenvalue weighted by molar-refractivity contribution is -0.137. The number of anilines is 2. The minimum atomic E-state index is -0.622. The Morgan fingerprint density at radius 1 is 1.00 bits per heavy atom. The highest BCUT2D eigenvalue weighted by Crippen LogP contribution is 2.21. The molecule has 2 aromatic rings. The van der Waals surface area contributed by atoms with Crippen LogP contribution in [0.1, 0.15) is 24.2 Å². The maximum atomic E-state index is 13.1. The van der Waals surface area contributed by atoms with Crippen molar-refractivity contribution in [2.24, 2.45) is 0 Å². The van der Waals surface area contributed by atoms with Crippen LogP contribution in [0.25, 0.3) is 0 Å².